The lowest BCUT2D eigenvalue weighted by Crippen LogP contribution is -2.17. The summed E-state index contributed by atoms with van der Waals surface area (Å²) in [5.41, 5.74) is 1.36. The molecule has 0 saturated heterocycles. The molecule has 0 bridgehead atoms. The maximum Gasteiger partial charge on any atom is 0.335 e. The monoisotopic (exact) mass is 440 g/mol. The van der Waals surface area contributed by atoms with Gasteiger partial charge < -0.3 is 25.5 Å². The molecule has 0 aliphatic heterocycles. The van der Waals surface area contributed by atoms with Crippen LogP contribution >= 0.6 is 0 Å². The number of rotatable bonds is 6. The summed E-state index contributed by atoms with van der Waals surface area (Å²) in [6.45, 7) is -0.367. The molecule has 5 N–H and O–H groups in total. The molecular weight excluding hydrogens is 416 g/mol. The van der Waals surface area contributed by atoms with Crippen LogP contribution in [0.5, 0.6) is 0 Å². The summed E-state index contributed by atoms with van der Waals surface area (Å²) >= 11 is 0. The smallest absolute Gasteiger partial charge is 0.335 e. The van der Waals surface area contributed by atoms with E-state index in [1.54, 1.807) is 78.9 Å². The van der Waals surface area contributed by atoms with Crippen molar-refractivity contribution in [2.75, 3.05) is 6.61 Å². The van der Waals surface area contributed by atoms with Crippen LogP contribution in [0.4, 0.5) is 0 Å². The van der Waals surface area contributed by atoms with Gasteiger partial charge in [-0.15, -0.1) is 0 Å². The average Bonchev–Trinajstić information content (AvgIpc) is 2.81. The molecule has 0 heterocycles. The molecule has 1 unspecified atom stereocenters. The Morgan fingerprint density at radius 2 is 1.03 bits per heavy atom. The molecule has 0 radical (unpaired) electrons. The van der Waals surface area contributed by atoms with Gasteiger partial charge in [-0.2, -0.15) is 0 Å². The first-order valence-electron chi connectivity index (χ1n) is 9.43. The third-order valence-corrected chi connectivity index (χ3v) is 3.96. The Kier molecular flexibility index (Phi) is 11.4. The molecule has 1 atom stereocenters. The zero-order valence-electron chi connectivity index (χ0n) is 17.0. The molecule has 0 aliphatic carbocycles. The number of aliphatic hydroxyl groups is 2. The van der Waals surface area contributed by atoms with E-state index in [1.165, 1.54) is 6.07 Å². The molecule has 0 amide bonds. The molecule has 168 valence electrons. The van der Waals surface area contributed by atoms with Gasteiger partial charge in [0, 0.05) is 6.42 Å². The highest BCUT2D eigenvalue weighted by atomic mass is 16.4. The van der Waals surface area contributed by atoms with Crippen molar-refractivity contribution in [3.8, 4) is 0 Å². The van der Waals surface area contributed by atoms with E-state index in [0.717, 1.165) is 0 Å². The Hall–Kier alpha value is -4.01. The Bertz CT molecular complexity index is 938. The van der Waals surface area contributed by atoms with Crippen molar-refractivity contribution in [1.29, 1.82) is 0 Å². The lowest BCUT2D eigenvalue weighted by Gasteiger charge is -2.09. The van der Waals surface area contributed by atoms with Gasteiger partial charge in [-0.05, 0) is 35.9 Å². The third-order valence-electron chi connectivity index (χ3n) is 3.96. The van der Waals surface area contributed by atoms with Crippen LogP contribution < -0.4 is 0 Å². The topological polar surface area (TPSA) is 152 Å². The molecule has 8 nitrogen and oxygen atoms in total. The van der Waals surface area contributed by atoms with E-state index in [1.807, 2.05) is 0 Å². The fourth-order valence-corrected chi connectivity index (χ4v) is 2.39. The van der Waals surface area contributed by atoms with Crippen molar-refractivity contribution in [3.63, 3.8) is 0 Å². The fraction of sp³-hybridized carbons (Fsp3) is 0.125. The van der Waals surface area contributed by atoms with Gasteiger partial charge in [0.05, 0.1) is 29.4 Å². The summed E-state index contributed by atoms with van der Waals surface area (Å²) in [5, 5.41) is 43.4. The molecule has 0 aliphatic rings. The minimum absolute atomic E-state index is 0.152. The zero-order valence-corrected chi connectivity index (χ0v) is 17.0. The van der Waals surface area contributed by atoms with Crippen molar-refractivity contribution in [2.45, 2.75) is 12.5 Å². The first-order chi connectivity index (χ1) is 15.3. The van der Waals surface area contributed by atoms with Gasteiger partial charge in [0.25, 0.3) is 0 Å². The summed E-state index contributed by atoms with van der Waals surface area (Å²) in [6.07, 6.45) is -0.755. The zero-order chi connectivity index (χ0) is 23.9. The van der Waals surface area contributed by atoms with Crippen molar-refractivity contribution >= 4 is 17.9 Å². The number of hydrogen-bond acceptors (Lipinski definition) is 5. The van der Waals surface area contributed by atoms with Crippen molar-refractivity contribution < 1.29 is 39.9 Å². The molecule has 3 aromatic carbocycles. The maximum atomic E-state index is 10.7. The predicted octanol–water partition coefficient (Wildman–Crippen LogP) is 3.05. The van der Waals surface area contributed by atoms with E-state index in [2.05, 4.69) is 0 Å². The SMILES string of the molecule is O=C(O)c1ccccc1.O=C(O)c1ccccc1.O=C(O)c1ccccc1CC(O)CO. The Balaban J connectivity index is 0.000000250. The standard InChI is InChI=1S/C10H12O4.2C7H6O2/c11-6-8(12)5-7-3-1-2-4-9(7)10(13)14;2*8-7(9)6-4-2-1-3-5-6/h1-4,8,11-12H,5-6H2,(H,13,14);2*1-5H,(H,8,9). The van der Waals surface area contributed by atoms with Crippen LogP contribution in [-0.4, -0.2) is 56.2 Å². The van der Waals surface area contributed by atoms with E-state index in [0.29, 0.717) is 16.7 Å². The van der Waals surface area contributed by atoms with Crippen molar-refractivity contribution in [2.24, 2.45) is 0 Å². The number of aromatic carboxylic acids is 3. The van der Waals surface area contributed by atoms with Crippen molar-refractivity contribution in [3.05, 3.63) is 107 Å². The summed E-state index contributed by atoms with van der Waals surface area (Å²) in [5.74, 6) is -2.78. The Morgan fingerprint density at radius 1 is 0.625 bits per heavy atom. The maximum absolute atomic E-state index is 10.7. The van der Waals surface area contributed by atoms with Crippen LogP contribution in [0, 0.1) is 0 Å². The number of aliphatic hydroxyl groups excluding tert-OH is 2. The Labute approximate surface area is 184 Å². The number of carboxylic acids is 3. The molecule has 0 fully saturated rings. The van der Waals surface area contributed by atoms with Gasteiger partial charge in [0.2, 0.25) is 0 Å². The summed E-state index contributed by atoms with van der Waals surface area (Å²) in [4.78, 5) is 31.1. The molecular formula is C24H24O8. The van der Waals surface area contributed by atoms with Crippen LogP contribution in [0.1, 0.15) is 36.6 Å². The minimum atomic E-state index is -1.02. The molecule has 0 spiro atoms. The van der Waals surface area contributed by atoms with E-state index in [-0.39, 0.29) is 18.6 Å². The predicted molar refractivity (Wildman–Crippen MR) is 117 cm³/mol. The number of hydrogen-bond donors (Lipinski definition) is 5. The average molecular weight is 440 g/mol. The normalized spacial score (nSPS) is 10.4. The van der Waals surface area contributed by atoms with Crippen molar-refractivity contribution in [1.82, 2.24) is 0 Å². The third kappa shape index (κ3) is 9.66. The Morgan fingerprint density at radius 3 is 1.38 bits per heavy atom. The van der Waals surface area contributed by atoms with Crippen LogP contribution in [-0.2, 0) is 6.42 Å². The van der Waals surface area contributed by atoms with E-state index < -0.39 is 24.0 Å². The van der Waals surface area contributed by atoms with Gasteiger partial charge in [-0.1, -0.05) is 54.6 Å². The summed E-state index contributed by atoms with van der Waals surface area (Å²) < 4.78 is 0. The van der Waals surface area contributed by atoms with Crippen LogP contribution in [0.2, 0.25) is 0 Å². The number of benzene rings is 3. The van der Waals surface area contributed by atoms with Gasteiger partial charge in [0.15, 0.2) is 0 Å². The largest absolute Gasteiger partial charge is 0.478 e. The molecule has 32 heavy (non-hydrogen) atoms. The van der Waals surface area contributed by atoms with E-state index >= 15 is 0 Å². The van der Waals surface area contributed by atoms with Crippen LogP contribution in [0.25, 0.3) is 0 Å². The first kappa shape index (κ1) is 26.0. The second-order valence-electron chi connectivity index (χ2n) is 6.35. The highest BCUT2D eigenvalue weighted by Crippen LogP contribution is 2.11. The van der Waals surface area contributed by atoms with E-state index in [9.17, 15) is 19.5 Å². The lowest BCUT2D eigenvalue weighted by molar-refractivity contribution is 0.0682. The van der Waals surface area contributed by atoms with Crippen LogP contribution in [0.3, 0.4) is 0 Å². The lowest BCUT2D eigenvalue weighted by atomic mass is 10.0. The van der Waals surface area contributed by atoms with Gasteiger partial charge in [0.1, 0.15) is 0 Å². The molecule has 0 saturated carbocycles. The highest BCUT2D eigenvalue weighted by molar-refractivity contribution is 5.89. The quantitative estimate of drug-likeness (QED) is 0.392. The van der Waals surface area contributed by atoms with Gasteiger partial charge in [-0.25, -0.2) is 14.4 Å². The first-order valence-corrected chi connectivity index (χ1v) is 9.43. The fourth-order valence-electron chi connectivity index (χ4n) is 2.39. The number of carbonyl (C=O) groups is 3. The second kappa shape index (κ2) is 14.1. The summed E-state index contributed by atoms with van der Waals surface area (Å²) in [7, 11) is 0. The molecule has 0 aromatic heterocycles. The van der Waals surface area contributed by atoms with Gasteiger partial charge >= 0.3 is 17.9 Å². The molecule has 8 heteroatoms. The van der Waals surface area contributed by atoms with Crippen LogP contribution in [0.15, 0.2) is 84.9 Å². The number of carboxylic acid groups (broad SMARTS) is 3. The molecule has 3 aromatic rings. The van der Waals surface area contributed by atoms with E-state index in [4.69, 9.17) is 20.4 Å². The molecule has 3 rings (SSSR count). The highest BCUT2D eigenvalue weighted by Gasteiger charge is 2.12. The second-order valence-corrected chi connectivity index (χ2v) is 6.35. The van der Waals surface area contributed by atoms with Gasteiger partial charge in [-0.3, -0.25) is 0 Å². The minimum Gasteiger partial charge on any atom is -0.478 e. The summed E-state index contributed by atoms with van der Waals surface area (Å²) in [6, 6.07) is 23.0.